The molecular weight excluding hydrogens is 208 g/mol. The Bertz CT molecular complexity index is 241. The Balaban J connectivity index is 3.96. The van der Waals surface area contributed by atoms with Crippen LogP contribution in [0.15, 0.2) is 12.7 Å². The predicted molar refractivity (Wildman–Crippen MR) is 61.9 cm³/mol. The number of amides is 1. The summed E-state index contributed by atoms with van der Waals surface area (Å²) in [6.45, 7) is 4.14. The van der Waals surface area contributed by atoms with Crippen LogP contribution in [-0.2, 0) is 9.59 Å². The van der Waals surface area contributed by atoms with Crippen LogP contribution in [-0.4, -0.2) is 41.5 Å². The van der Waals surface area contributed by atoms with Crippen LogP contribution in [0.1, 0.15) is 25.7 Å². The second-order valence-electron chi connectivity index (χ2n) is 3.56. The summed E-state index contributed by atoms with van der Waals surface area (Å²) in [5.74, 6) is -1.14. The van der Waals surface area contributed by atoms with Crippen LogP contribution in [0, 0.1) is 0 Å². The highest BCUT2D eigenvalue weighted by Crippen LogP contribution is 2.03. The molecule has 0 bridgehead atoms. The van der Waals surface area contributed by atoms with Crippen LogP contribution in [0.2, 0.25) is 0 Å². The monoisotopic (exact) mass is 228 g/mol. The van der Waals surface area contributed by atoms with Crippen molar-refractivity contribution < 1.29 is 14.7 Å². The Morgan fingerprint density at radius 2 is 2.00 bits per heavy atom. The van der Waals surface area contributed by atoms with Gasteiger partial charge in [-0.05, 0) is 19.4 Å². The van der Waals surface area contributed by atoms with Gasteiger partial charge in [-0.25, -0.2) is 0 Å². The van der Waals surface area contributed by atoms with E-state index in [4.69, 9.17) is 10.8 Å². The van der Waals surface area contributed by atoms with Gasteiger partial charge in [0.05, 0.1) is 0 Å². The maximum atomic E-state index is 11.6. The second-order valence-corrected chi connectivity index (χ2v) is 3.56. The summed E-state index contributed by atoms with van der Waals surface area (Å²) < 4.78 is 0. The van der Waals surface area contributed by atoms with E-state index in [1.807, 2.05) is 0 Å². The summed E-state index contributed by atoms with van der Waals surface area (Å²) in [5.41, 5.74) is 5.33. The number of nitrogens with two attached hydrogens (primary N) is 1. The van der Waals surface area contributed by atoms with Crippen LogP contribution in [0.3, 0.4) is 0 Å². The zero-order chi connectivity index (χ0) is 12.4. The molecule has 0 saturated heterocycles. The lowest BCUT2D eigenvalue weighted by molar-refractivity contribution is -0.144. The number of aliphatic carboxylic acids is 1. The third kappa shape index (κ3) is 7.00. The average molecular weight is 228 g/mol. The summed E-state index contributed by atoms with van der Waals surface area (Å²) in [6, 6.07) is 0. The first-order valence-corrected chi connectivity index (χ1v) is 5.42. The molecule has 0 aromatic heterocycles. The number of carboxylic acids is 1. The molecule has 92 valence electrons. The molecular formula is C11H20N2O3. The highest BCUT2D eigenvalue weighted by atomic mass is 16.4. The van der Waals surface area contributed by atoms with Gasteiger partial charge >= 0.3 is 5.97 Å². The van der Waals surface area contributed by atoms with E-state index in [0.717, 1.165) is 19.3 Å². The lowest BCUT2D eigenvalue weighted by Gasteiger charge is -2.18. The smallest absolute Gasteiger partial charge is 0.323 e. The van der Waals surface area contributed by atoms with Gasteiger partial charge in [-0.2, -0.15) is 0 Å². The second kappa shape index (κ2) is 8.91. The average Bonchev–Trinajstić information content (AvgIpc) is 2.23. The van der Waals surface area contributed by atoms with E-state index in [0.29, 0.717) is 13.0 Å². The molecule has 5 heteroatoms. The van der Waals surface area contributed by atoms with Crippen molar-refractivity contribution in [3.63, 3.8) is 0 Å². The fourth-order valence-electron chi connectivity index (χ4n) is 1.33. The van der Waals surface area contributed by atoms with E-state index in [1.54, 1.807) is 0 Å². The van der Waals surface area contributed by atoms with Crippen molar-refractivity contribution >= 4 is 11.9 Å². The maximum Gasteiger partial charge on any atom is 0.323 e. The fraction of sp³-hybridized carbons (Fsp3) is 0.636. The Hall–Kier alpha value is -1.36. The molecule has 3 N–H and O–H groups in total. The van der Waals surface area contributed by atoms with Gasteiger partial charge in [0.2, 0.25) is 5.91 Å². The van der Waals surface area contributed by atoms with Crippen LogP contribution >= 0.6 is 0 Å². The van der Waals surface area contributed by atoms with Gasteiger partial charge in [-0.1, -0.05) is 12.5 Å². The van der Waals surface area contributed by atoms with Gasteiger partial charge in [0, 0.05) is 13.0 Å². The lowest BCUT2D eigenvalue weighted by atomic mass is 10.2. The predicted octanol–water partition coefficient (Wildman–Crippen LogP) is 0.605. The molecule has 1 amide bonds. The Morgan fingerprint density at radius 3 is 2.50 bits per heavy atom. The van der Waals surface area contributed by atoms with Gasteiger partial charge in [0.15, 0.2) is 0 Å². The highest BCUT2D eigenvalue weighted by molar-refractivity contribution is 5.81. The third-order valence-electron chi connectivity index (χ3n) is 2.12. The Labute approximate surface area is 95.9 Å². The molecule has 0 aromatic carbocycles. The van der Waals surface area contributed by atoms with Crippen molar-refractivity contribution in [3.8, 4) is 0 Å². The molecule has 0 aromatic rings. The summed E-state index contributed by atoms with van der Waals surface area (Å²) in [5, 5.41) is 8.62. The van der Waals surface area contributed by atoms with E-state index in [9.17, 15) is 9.59 Å². The first-order chi connectivity index (χ1) is 7.61. The molecule has 0 heterocycles. The van der Waals surface area contributed by atoms with Crippen molar-refractivity contribution in [2.24, 2.45) is 5.73 Å². The maximum absolute atomic E-state index is 11.6. The van der Waals surface area contributed by atoms with E-state index >= 15 is 0 Å². The van der Waals surface area contributed by atoms with E-state index in [-0.39, 0.29) is 19.0 Å². The number of hydrogen-bond acceptors (Lipinski definition) is 3. The Kier molecular flexibility index (Phi) is 8.15. The topological polar surface area (TPSA) is 83.6 Å². The van der Waals surface area contributed by atoms with E-state index in [2.05, 4.69) is 6.58 Å². The summed E-state index contributed by atoms with van der Waals surface area (Å²) in [4.78, 5) is 23.4. The number of rotatable bonds is 9. The van der Waals surface area contributed by atoms with Crippen molar-refractivity contribution in [2.45, 2.75) is 25.7 Å². The molecule has 0 fully saturated rings. The summed E-state index contributed by atoms with van der Waals surface area (Å²) in [7, 11) is 0. The van der Waals surface area contributed by atoms with E-state index < -0.39 is 5.97 Å². The molecule has 16 heavy (non-hydrogen) atoms. The minimum absolute atomic E-state index is 0.140. The van der Waals surface area contributed by atoms with E-state index in [1.165, 1.54) is 11.0 Å². The molecule has 0 radical (unpaired) electrons. The number of carbonyl (C=O) groups is 2. The fourth-order valence-corrected chi connectivity index (χ4v) is 1.33. The zero-order valence-electron chi connectivity index (χ0n) is 9.52. The SMILES string of the molecule is C=CCN(CC(=O)O)C(=O)CCCCCN. The largest absolute Gasteiger partial charge is 0.480 e. The van der Waals surface area contributed by atoms with Gasteiger partial charge in [-0.15, -0.1) is 6.58 Å². The molecule has 0 spiro atoms. The normalized spacial score (nSPS) is 9.81. The van der Waals surface area contributed by atoms with Crippen molar-refractivity contribution in [1.29, 1.82) is 0 Å². The number of hydrogen-bond donors (Lipinski definition) is 2. The van der Waals surface area contributed by atoms with Crippen molar-refractivity contribution in [3.05, 3.63) is 12.7 Å². The van der Waals surface area contributed by atoms with Gasteiger partial charge in [-0.3, -0.25) is 9.59 Å². The Morgan fingerprint density at radius 1 is 1.31 bits per heavy atom. The lowest BCUT2D eigenvalue weighted by Crippen LogP contribution is -2.35. The minimum Gasteiger partial charge on any atom is -0.480 e. The van der Waals surface area contributed by atoms with Crippen LogP contribution in [0.4, 0.5) is 0 Å². The minimum atomic E-state index is -1.00. The highest BCUT2D eigenvalue weighted by Gasteiger charge is 2.14. The van der Waals surface area contributed by atoms with Gasteiger partial charge < -0.3 is 15.7 Å². The molecule has 0 aliphatic rings. The zero-order valence-corrected chi connectivity index (χ0v) is 9.52. The molecule has 0 saturated carbocycles. The third-order valence-corrected chi connectivity index (χ3v) is 2.12. The summed E-state index contributed by atoms with van der Waals surface area (Å²) in [6.07, 6.45) is 4.45. The van der Waals surface area contributed by atoms with Crippen molar-refractivity contribution in [2.75, 3.05) is 19.6 Å². The van der Waals surface area contributed by atoms with Gasteiger partial charge in [0.25, 0.3) is 0 Å². The quantitative estimate of drug-likeness (QED) is 0.447. The molecule has 0 rings (SSSR count). The number of unbranched alkanes of at least 4 members (excludes halogenated alkanes) is 2. The van der Waals surface area contributed by atoms with Gasteiger partial charge in [0.1, 0.15) is 6.54 Å². The van der Waals surface area contributed by atoms with Crippen LogP contribution < -0.4 is 5.73 Å². The van der Waals surface area contributed by atoms with Crippen LogP contribution in [0.5, 0.6) is 0 Å². The van der Waals surface area contributed by atoms with Crippen LogP contribution in [0.25, 0.3) is 0 Å². The number of carboxylic acid groups (broad SMARTS) is 1. The first kappa shape index (κ1) is 14.6. The number of nitrogens with zero attached hydrogens (tertiary/aromatic N) is 1. The molecule has 0 aliphatic heterocycles. The summed E-state index contributed by atoms with van der Waals surface area (Å²) >= 11 is 0. The molecule has 0 unspecified atom stereocenters. The molecule has 0 atom stereocenters. The standard InChI is InChI=1S/C11H20N2O3/c1-2-8-13(9-11(15)16)10(14)6-4-3-5-7-12/h2H,1,3-9,12H2,(H,15,16). The molecule has 0 aliphatic carbocycles. The number of carbonyl (C=O) groups excluding carboxylic acids is 1. The molecule has 5 nitrogen and oxygen atoms in total. The first-order valence-electron chi connectivity index (χ1n) is 5.42. The van der Waals surface area contributed by atoms with Crippen molar-refractivity contribution in [1.82, 2.24) is 4.90 Å².